The van der Waals surface area contributed by atoms with Gasteiger partial charge >= 0.3 is 0 Å². The number of halogens is 1. The minimum atomic E-state index is -0.302. The molecule has 4 nitrogen and oxygen atoms in total. The van der Waals surface area contributed by atoms with Crippen LogP contribution in [-0.4, -0.2) is 42.2 Å². The molecule has 1 aromatic carbocycles. The number of aliphatic hydroxyl groups excluding tert-OH is 1. The van der Waals surface area contributed by atoms with Crippen molar-refractivity contribution in [2.24, 2.45) is 0 Å². The van der Waals surface area contributed by atoms with E-state index >= 15 is 0 Å². The van der Waals surface area contributed by atoms with Crippen molar-refractivity contribution < 1.29 is 19.0 Å². The summed E-state index contributed by atoms with van der Waals surface area (Å²) >= 11 is 0. The van der Waals surface area contributed by atoms with Crippen molar-refractivity contribution in [1.29, 1.82) is 0 Å². The number of benzene rings is 1. The van der Waals surface area contributed by atoms with Gasteiger partial charge in [0, 0.05) is 37.9 Å². The Hall–Kier alpha value is -1.62. The number of rotatable bonds is 3. The van der Waals surface area contributed by atoms with E-state index in [9.17, 15) is 9.18 Å². The standard InChI is InChI=1S/C14H16FNO3/c15-12-7-13-9(1-4-19-13)5-11(12)10-6-14(18)16(8-10)2-3-17/h5,7,10,17H,1-4,6,8H2/t10-/m0/s1. The summed E-state index contributed by atoms with van der Waals surface area (Å²) < 4.78 is 19.4. The van der Waals surface area contributed by atoms with Crippen LogP contribution in [0.5, 0.6) is 5.75 Å². The minimum Gasteiger partial charge on any atom is -0.493 e. The lowest BCUT2D eigenvalue weighted by molar-refractivity contribution is -0.128. The number of aliphatic hydroxyl groups is 1. The first-order valence-corrected chi connectivity index (χ1v) is 6.53. The number of carbonyl (C=O) groups is 1. The second kappa shape index (κ2) is 4.81. The second-order valence-corrected chi connectivity index (χ2v) is 5.04. The van der Waals surface area contributed by atoms with Crippen LogP contribution in [0.1, 0.15) is 23.5 Å². The number of β-amino-alcohol motifs (C(OH)–C–C–N with tert-alkyl or cyclic N) is 1. The number of amides is 1. The highest BCUT2D eigenvalue weighted by Gasteiger charge is 2.32. The molecule has 3 rings (SSSR count). The number of carbonyl (C=O) groups excluding carboxylic acids is 1. The first-order chi connectivity index (χ1) is 9.19. The van der Waals surface area contributed by atoms with E-state index in [0.29, 0.717) is 37.4 Å². The molecule has 2 aliphatic rings. The topological polar surface area (TPSA) is 49.8 Å². The van der Waals surface area contributed by atoms with E-state index in [4.69, 9.17) is 9.84 Å². The van der Waals surface area contributed by atoms with Gasteiger partial charge in [0.25, 0.3) is 0 Å². The molecule has 19 heavy (non-hydrogen) atoms. The monoisotopic (exact) mass is 265 g/mol. The molecule has 1 N–H and O–H groups in total. The fourth-order valence-corrected chi connectivity index (χ4v) is 2.85. The van der Waals surface area contributed by atoms with Crippen molar-refractivity contribution in [3.05, 3.63) is 29.1 Å². The molecule has 0 spiro atoms. The van der Waals surface area contributed by atoms with Gasteiger partial charge < -0.3 is 14.7 Å². The zero-order valence-electron chi connectivity index (χ0n) is 10.6. The lowest BCUT2D eigenvalue weighted by atomic mass is 9.95. The van der Waals surface area contributed by atoms with E-state index in [1.54, 1.807) is 4.90 Å². The molecular weight excluding hydrogens is 249 g/mol. The van der Waals surface area contributed by atoms with Crippen LogP contribution in [0.2, 0.25) is 0 Å². The first kappa shape index (κ1) is 12.4. The van der Waals surface area contributed by atoms with Gasteiger partial charge in [0.15, 0.2) is 0 Å². The fourth-order valence-electron chi connectivity index (χ4n) is 2.85. The average molecular weight is 265 g/mol. The average Bonchev–Trinajstić information content (AvgIpc) is 2.96. The molecule has 0 saturated carbocycles. The zero-order chi connectivity index (χ0) is 13.4. The molecule has 1 fully saturated rings. The van der Waals surface area contributed by atoms with Crippen LogP contribution in [0.4, 0.5) is 4.39 Å². The highest BCUT2D eigenvalue weighted by molar-refractivity contribution is 5.79. The van der Waals surface area contributed by atoms with Crippen molar-refractivity contribution in [3.8, 4) is 5.75 Å². The van der Waals surface area contributed by atoms with Crippen LogP contribution in [0.3, 0.4) is 0 Å². The Kier molecular flexibility index (Phi) is 3.14. The maximum atomic E-state index is 14.1. The number of likely N-dealkylation sites (tertiary alicyclic amines) is 1. The van der Waals surface area contributed by atoms with Crippen LogP contribution >= 0.6 is 0 Å². The predicted octanol–water partition coefficient (Wildman–Crippen LogP) is 1.07. The molecular formula is C14H16FNO3. The highest BCUT2D eigenvalue weighted by atomic mass is 19.1. The quantitative estimate of drug-likeness (QED) is 0.889. The summed E-state index contributed by atoms with van der Waals surface area (Å²) in [6.45, 7) is 1.35. The van der Waals surface area contributed by atoms with E-state index in [0.717, 1.165) is 12.0 Å². The fraction of sp³-hybridized carbons (Fsp3) is 0.500. The second-order valence-electron chi connectivity index (χ2n) is 5.04. The third-order valence-electron chi connectivity index (χ3n) is 3.83. The van der Waals surface area contributed by atoms with Crippen LogP contribution in [0.25, 0.3) is 0 Å². The Morgan fingerprint density at radius 3 is 3.11 bits per heavy atom. The third kappa shape index (κ3) is 2.18. The number of ether oxygens (including phenoxy) is 1. The van der Waals surface area contributed by atoms with Gasteiger partial charge in [-0.1, -0.05) is 0 Å². The van der Waals surface area contributed by atoms with Crippen LogP contribution in [0.15, 0.2) is 12.1 Å². The molecule has 102 valence electrons. The Balaban J connectivity index is 1.85. The molecule has 1 saturated heterocycles. The zero-order valence-corrected chi connectivity index (χ0v) is 10.6. The van der Waals surface area contributed by atoms with E-state index in [2.05, 4.69) is 0 Å². The molecule has 1 aromatic rings. The summed E-state index contributed by atoms with van der Waals surface area (Å²) in [4.78, 5) is 13.4. The highest BCUT2D eigenvalue weighted by Crippen LogP contribution is 2.35. The molecule has 0 aromatic heterocycles. The molecule has 1 amide bonds. The van der Waals surface area contributed by atoms with Gasteiger partial charge in [-0.3, -0.25) is 4.79 Å². The summed E-state index contributed by atoms with van der Waals surface area (Å²) in [5.74, 6) is 0.183. The lowest BCUT2D eigenvalue weighted by Crippen LogP contribution is -2.28. The van der Waals surface area contributed by atoms with Crippen molar-refractivity contribution in [2.45, 2.75) is 18.8 Å². The Bertz CT molecular complexity index is 518. The van der Waals surface area contributed by atoms with Crippen molar-refractivity contribution in [2.75, 3.05) is 26.3 Å². The van der Waals surface area contributed by atoms with Gasteiger partial charge in [0.2, 0.25) is 5.91 Å². The summed E-state index contributed by atoms with van der Waals surface area (Å²) in [6, 6.07) is 3.26. The van der Waals surface area contributed by atoms with Crippen LogP contribution < -0.4 is 4.74 Å². The normalized spacial score (nSPS) is 21.7. The smallest absolute Gasteiger partial charge is 0.223 e. The maximum absolute atomic E-state index is 14.1. The van der Waals surface area contributed by atoms with Crippen molar-refractivity contribution in [3.63, 3.8) is 0 Å². The number of fused-ring (bicyclic) bond motifs is 1. The Labute approximate surface area is 110 Å². The van der Waals surface area contributed by atoms with Crippen LogP contribution in [0, 0.1) is 5.82 Å². The molecule has 0 radical (unpaired) electrons. The van der Waals surface area contributed by atoms with E-state index in [1.165, 1.54) is 6.07 Å². The van der Waals surface area contributed by atoms with Gasteiger partial charge in [0.1, 0.15) is 11.6 Å². The summed E-state index contributed by atoms with van der Waals surface area (Å²) in [5, 5.41) is 8.90. The number of hydrogen-bond acceptors (Lipinski definition) is 3. The van der Waals surface area contributed by atoms with E-state index in [1.807, 2.05) is 6.07 Å². The number of nitrogens with zero attached hydrogens (tertiary/aromatic N) is 1. The minimum absolute atomic E-state index is 0.0183. The first-order valence-electron chi connectivity index (χ1n) is 6.53. The van der Waals surface area contributed by atoms with E-state index in [-0.39, 0.29) is 24.2 Å². The molecule has 2 aliphatic heterocycles. The third-order valence-corrected chi connectivity index (χ3v) is 3.83. The molecule has 0 unspecified atom stereocenters. The van der Waals surface area contributed by atoms with Gasteiger partial charge in [-0.15, -0.1) is 0 Å². The molecule has 0 aliphatic carbocycles. The van der Waals surface area contributed by atoms with Gasteiger partial charge in [-0.2, -0.15) is 0 Å². The van der Waals surface area contributed by atoms with Gasteiger partial charge in [-0.05, 0) is 17.2 Å². The summed E-state index contributed by atoms with van der Waals surface area (Å²) in [6.07, 6.45) is 1.11. The Morgan fingerprint density at radius 1 is 1.47 bits per heavy atom. The summed E-state index contributed by atoms with van der Waals surface area (Å²) in [5.41, 5.74) is 1.61. The van der Waals surface area contributed by atoms with Gasteiger partial charge in [-0.25, -0.2) is 4.39 Å². The SMILES string of the molecule is O=C1C[C@H](c2cc3c(cc2F)OCC3)CN1CCO. The molecule has 5 heteroatoms. The Morgan fingerprint density at radius 2 is 2.32 bits per heavy atom. The molecule has 0 bridgehead atoms. The van der Waals surface area contributed by atoms with Crippen molar-refractivity contribution in [1.82, 2.24) is 4.90 Å². The van der Waals surface area contributed by atoms with Crippen molar-refractivity contribution >= 4 is 5.91 Å². The number of hydrogen-bond donors (Lipinski definition) is 1. The summed E-state index contributed by atoms with van der Waals surface area (Å²) in [7, 11) is 0. The lowest BCUT2D eigenvalue weighted by Gasteiger charge is -2.16. The molecule has 1 atom stereocenters. The largest absolute Gasteiger partial charge is 0.493 e. The van der Waals surface area contributed by atoms with Crippen LogP contribution in [-0.2, 0) is 11.2 Å². The predicted molar refractivity (Wildman–Crippen MR) is 66.6 cm³/mol. The maximum Gasteiger partial charge on any atom is 0.223 e. The molecule has 2 heterocycles. The van der Waals surface area contributed by atoms with E-state index < -0.39 is 0 Å². The van der Waals surface area contributed by atoms with Gasteiger partial charge in [0.05, 0.1) is 13.2 Å².